The fraction of sp³-hybridized carbons (Fsp3) is 0.682. The number of ether oxygens (including phenoxy) is 1. The summed E-state index contributed by atoms with van der Waals surface area (Å²) in [4.78, 5) is 6.88. The SMILES string of the molecule is CCOC1CCN(C(=NC)NCC2(c3ccc(F)cc3)CCCCC2)CC1.I. The number of benzene rings is 1. The van der Waals surface area contributed by atoms with Gasteiger partial charge in [0.25, 0.3) is 0 Å². The molecule has 1 aromatic rings. The maximum Gasteiger partial charge on any atom is 0.193 e. The zero-order valence-corrected chi connectivity index (χ0v) is 19.6. The minimum absolute atomic E-state index is 0. The van der Waals surface area contributed by atoms with E-state index in [1.54, 1.807) is 12.1 Å². The van der Waals surface area contributed by atoms with Crippen molar-refractivity contribution < 1.29 is 9.13 Å². The zero-order chi connectivity index (χ0) is 19.1. The summed E-state index contributed by atoms with van der Waals surface area (Å²) in [5, 5.41) is 3.65. The fourth-order valence-electron chi connectivity index (χ4n) is 4.65. The van der Waals surface area contributed by atoms with Crippen molar-refractivity contribution in [2.75, 3.05) is 33.3 Å². The molecule has 2 fully saturated rings. The van der Waals surface area contributed by atoms with Gasteiger partial charge < -0.3 is 15.0 Å². The second-order valence-corrected chi connectivity index (χ2v) is 7.89. The Labute approximate surface area is 186 Å². The summed E-state index contributed by atoms with van der Waals surface area (Å²) in [5.41, 5.74) is 1.33. The zero-order valence-electron chi connectivity index (χ0n) is 17.3. The summed E-state index contributed by atoms with van der Waals surface area (Å²) in [7, 11) is 1.86. The van der Waals surface area contributed by atoms with Gasteiger partial charge in [-0.15, -0.1) is 24.0 Å². The summed E-state index contributed by atoms with van der Waals surface area (Å²) < 4.78 is 19.2. The molecule has 1 heterocycles. The van der Waals surface area contributed by atoms with Crippen LogP contribution in [0.2, 0.25) is 0 Å². The highest BCUT2D eigenvalue weighted by atomic mass is 127. The molecule has 1 aromatic carbocycles. The van der Waals surface area contributed by atoms with Crippen LogP contribution in [0, 0.1) is 5.82 Å². The Bertz CT molecular complexity index is 609. The highest BCUT2D eigenvalue weighted by Crippen LogP contribution is 2.39. The van der Waals surface area contributed by atoms with Gasteiger partial charge in [0.2, 0.25) is 0 Å². The number of hydrogen-bond donors (Lipinski definition) is 1. The highest BCUT2D eigenvalue weighted by molar-refractivity contribution is 14.0. The molecule has 0 unspecified atom stereocenters. The average molecular weight is 503 g/mol. The molecule has 0 aromatic heterocycles. The first-order valence-corrected chi connectivity index (χ1v) is 10.5. The number of likely N-dealkylation sites (tertiary alicyclic amines) is 1. The Morgan fingerprint density at radius 3 is 2.39 bits per heavy atom. The molecule has 0 amide bonds. The van der Waals surface area contributed by atoms with Gasteiger partial charge in [-0.1, -0.05) is 31.4 Å². The van der Waals surface area contributed by atoms with E-state index in [2.05, 4.69) is 22.1 Å². The lowest BCUT2D eigenvalue weighted by molar-refractivity contribution is 0.0263. The van der Waals surface area contributed by atoms with Crippen molar-refractivity contribution in [3.8, 4) is 0 Å². The molecule has 28 heavy (non-hydrogen) atoms. The lowest BCUT2D eigenvalue weighted by Gasteiger charge is -2.40. The molecule has 6 heteroatoms. The monoisotopic (exact) mass is 503 g/mol. The molecule has 4 nitrogen and oxygen atoms in total. The van der Waals surface area contributed by atoms with E-state index in [1.807, 2.05) is 19.2 Å². The van der Waals surface area contributed by atoms with Crippen LogP contribution in [0.5, 0.6) is 0 Å². The molecule has 158 valence electrons. The second-order valence-electron chi connectivity index (χ2n) is 7.89. The Hall–Kier alpha value is -0.890. The second kappa shape index (κ2) is 11.3. The standard InChI is InChI=1S/C22H34FN3O.HI/c1-3-27-20-11-15-26(16-12-20)21(24-2)25-17-22(13-5-4-6-14-22)18-7-9-19(23)10-8-18;/h7-10,20H,3-6,11-17H2,1-2H3,(H,24,25);1H. The predicted octanol–water partition coefficient (Wildman–Crippen LogP) is 4.72. The third-order valence-corrected chi connectivity index (χ3v) is 6.21. The summed E-state index contributed by atoms with van der Waals surface area (Å²) in [6.45, 7) is 5.67. The normalized spacial score (nSPS) is 20.5. The lowest BCUT2D eigenvalue weighted by atomic mass is 9.69. The van der Waals surface area contributed by atoms with Crippen LogP contribution in [-0.2, 0) is 10.2 Å². The molecule has 2 aliphatic rings. The number of piperidine rings is 1. The van der Waals surface area contributed by atoms with E-state index >= 15 is 0 Å². The van der Waals surface area contributed by atoms with Crippen molar-refractivity contribution in [3.63, 3.8) is 0 Å². The molecule has 0 spiro atoms. The van der Waals surface area contributed by atoms with Crippen molar-refractivity contribution in [2.45, 2.75) is 63.4 Å². The van der Waals surface area contributed by atoms with Gasteiger partial charge in [-0.25, -0.2) is 4.39 Å². The van der Waals surface area contributed by atoms with Crippen molar-refractivity contribution in [3.05, 3.63) is 35.6 Å². The molecular formula is C22H35FIN3O. The number of halogens is 2. The number of rotatable bonds is 5. The third-order valence-electron chi connectivity index (χ3n) is 6.21. The number of nitrogens with one attached hydrogen (secondary N) is 1. The minimum Gasteiger partial charge on any atom is -0.378 e. The smallest absolute Gasteiger partial charge is 0.193 e. The summed E-state index contributed by atoms with van der Waals surface area (Å²) in [5.74, 6) is 0.822. The number of hydrogen-bond acceptors (Lipinski definition) is 2. The van der Waals surface area contributed by atoms with Crippen LogP contribution < -0.4 is 5.32 Å². The van der Waals surface area contributed by atoms with Crippen LogP contribution in [0.3, 0.4) is 0 Å². The maximum atomic E-state index is 13.4. The molecule has 1 aliphatic heterocycles. The number of nitrogens with zero attached hydrogens (tertiary/aromatic N) is 2. The van der Waals surface area contributed by atoms with Gasteiger partial charge in [0.1, 0.15) is 5.82 Å². The van der Waals surface area contributed by atoms with E-state index in [0.29, 0.717) is 6.10 Å². The van der Waals surface area contributed by atoms with Crippen molar-refractivity contribution in [1.29, 1.82) is 0 Å². The Morgan fingerprint density at radius 2 is 1.82 bits per heavy atom. The predicted molar refractivity (Wildman–Crippen MR) is 124 cm³/mol. The lowest BCUT2D eigenvalue weighted by Crippen LogP contribution is -2.51. The van der Waals surface area contributed by atoms with E-state index in [0.717, 1.165) is 57.9 Å². The van der Waals surface area contributed by atoms with E-state index < -0.39 is 0 Å². The van der Waals surface area contributed by atoms with Gasteiger partial charge in [-0.05, 0) is 50.3 Å². The average Bonchev–Trinajstić information content (AvgIpc) is 2.71. The van der Waals surface area contributed by atoms with Crippen LogP contribution in [0.1, 0.15) is 57.4 Å². The molecule has 1 saturated heterocycles. The Balaban J connectivity index is 0.00000280. The largest absolute Gasteiger partial charge is 0.378 e. The van der Waals surface area contributed by atoms with Crippen molar-refractivity contribution >= 4 is 29.9 Å². The molecule has 1 N–H and O–H groups in total. The van der Waals surface area contributed by atoms with Gasteiger partial charge in [0, 0.05) is 38.7 Å². The van der Waals surface area contributed by atoms with E-state index in [1.165, 1.54) is 24.8 Å². The fourth-order valence-corrected chi connectivity index (χ4v) is 4.65. The topological polar surface area (TPSA) is 36.9 Å². The Morgan fingerprint density at radius 1 is 1.18 bits per heavy atom. The van der Waals surface area contributed by atoms with Crippen molar-refractivity contribution in [2.24, 2.45) is 4.99 Å². The molecule has 3 rings (SSSR count). The van der Waals surface area contributed by atoms with Gasteiger partial charge in [-0.3, -0.25) is 4.99 Å². The quantitative estimate of drug-likeness (QED) is 0.359. The molecule has 0 bridgehead atoms. The maximum absolute atomic E-state index is 13.4. The first-order valence-electron chi connectivity index (χ1n) is 10.5. The van der Waals surface area contributed by atoms with Gasteiger partial charge in [0.05, 0.1) is 6.10 Å². The molecule has 1 saturated carbocycles. The summed E-state index contributed by atoms with van der Waals surface area (Å²) in [6, 6.07) is 7.13. The molecule has 1 aliphatic carbocycles. The van der Waals surface area contributed by atoms with Gasteiger partial charge in [-0.2, -0.15) is 0 Å². The molecule has 0 atom stereocenters. The number of aliphatic imine (C=N–C) groups is 1. The van der Waals surface area contributed by atoms with Crippen LogP contribution in [0.25, 0.3) is 0 Å². The molecular weight excluding hydrogens is 468 g/mol. The summed E-state index contributed by atoms with van der Waals surface area (Å²) in [6.07, 6.45) is 8.55. The highest BCUT2D eigenvalue weighted by Gasteiger charge is 2.34. The van der Waals surface area contributed by atoms with Crippen LogP contribution in [0.4, 0.5) is 4.39 Å². The first kappa shape index (κ1) is 23.4. The van der Waals surface area contributed by atoms with Crippen LogP contribution >= 0.6 is 24.0 Å². The minimum atomic E-state index is -0.161. The number of guanidine groups is 1. The van der Waals surface area contributed by atoms with E-state index in [9.17, 15) is 4.39 Å². The third kappa shape index (κ3) is 5.81. The van der Waals surface area contributed by atoms with E-state index in [-0.39, 0.29) is 35.2 Å². The first-order chi connectivity index (χ1) is 13.2. The van der Waals surface area contributed by atoms with Crippen LogP contribution in [-0.4, -0.2) is 50.3 Å². The van der Waals surface area contributed by atoms with Gasteiger partial charge in [0.15, 0.2) is 5.96 Å². The van der Waals surface area contributed by atoms with E-state index in [4.69, 9.17) is 4.74 Å². The summed E-state index contributed by atoms with van der Waals surface area (Å²) >= 11 is 0. The van der Waals surface area contributed by atoms with Crippen molar-refractivity contribution in [1.82, 2.24) is 10.2 Å². The van der Waals surface area contributed by atoms with Crippen LogP contribution in [0.15, 0.2) is 29.3 Å². The van der Waals surface area contributed by atoms with Gasteiger partial charge >= 0.3 is 0 Å². The molecule has 0 radical (unpaired) electrons. The Kier molecular flexibility index (Phi) is 9.47.